The Morgan fingerprint density at radius 2 is 1.95 bits per heavy atom. The van der Waals surface area contributed by atoms with Crippen LogP contribution in [0, 0.1) is 0 Å². The van der Waals surface area contributed by atoms with E-state index in [0.717, 1.165) is 21.4 Å². The third-order valence-corrected chi connectivity index (χ3v) is 5.57. The molecule has 0 aliphatic heterocycles. The van der Waals surface area contributed by atoms with Crippen molar-refractivity contribution in [2.24, 2.45) is 0 Å². The number of hydrogen-bond donors (Lipinski definition) is 1. The van der Waals surface area contributed by atoms with Crippen LogP contribution in [0.15, 0.2) is 52.7 Å². The number of halogens is 1. The van der Waals surface area contributed by atoms with Gasteiger partial charge in [0.05, 0.1) is 5.02 Å². The Kier molecular flexibility index (Phi) is 3.69. The minimum absolute atomic E-state index is 0.726. The molecule has 96 valence electrons. The molecule has 1 nitrogen and oxygen atoms in total. The van der Waals surface area contributed by atoms with Crippen LogP contribution in [0.4, 0.5) is 5.69 Å². The maximum atomic E-state index is 6.19. The second-order valence-corrected chi connectivity index (χ2v) is 6.51. The molecule has 19 heavy (non-hydrogen) atoms. The molecule has 0 fully saturated rings. The van der Waals surface area contributed by atoms with Gasteiger partial charge < -0.3 is 5.73 Å². The van der Waals surface area contributed by atoms with Gasteiger partial charge in [0.15, 0.2) is 0 Å². The zero-order chi connectivity index (χ0) is 13.2. The maximum absolute atomic E-state index is 6.19. The molecule has 0 saturated carbocycles. The van der Waals surface area contributed by atoms with Gasteiger partial charge in [-0.1, -0.05) is 35.9 Å². The average Bonchev–Trinajstić information content (AvgIpc) is 2.82. The average molecular weight is 306 g/mol. The second kappa shape index (κ2) is 5.45. The number of rotatable bonds is 3. The predicted octanol–water partition coefficient (Wildman–Crippen LogP) is 5.43. The molecular weight excluding hydrogens is 294 g/mol. The molecule has 4 heteroatoms. The number of benzene rings is 2. The lowest BCUT2D eigenvalue weighted by Gasteiger charge is -2.07. The first-order chi connectivity index (χ1) is 9.25. The summed E-state index contributed by atoms with van der Waals surface area (Å²) in [6.45, 7) is 0. The van der Waals surface area contributed by atoms with Gasteiger partial charge in [-0.3, -0.25) is 0 Å². The fourth-order valence-electron chi connectivity index (χ4n) is 1.97. The Morgan fingerprint density at radius 1 is 1.11 bits per heavy atom. The van der Waals surface area contributed by atoms with Gasteiger partial charge >= 0.3 is 0 Å². The third-order valence-electron chi connectivity index (χ3n) is 2.93. The van der Waals surface area contributed by atoms with Gasteiger partial charge in [0.2, 0.25) is 0 Å². The highest BCUT2D eigenvalue weighted by atomic mass is 35.5. The molecule has 0 radical (unpaired) electrons. The van der Waals surface area contributed by atoms with E-state index in [0.29, 0.717) is 0 Å². The van der Waals surface area contributed by atoms with Gasteiger partial charge in [-0.05, 0) is 34.5 Å². The Balaban J connectivity index is 1.87. The molecule has 1 aromatic heterocycles. The van der Waals surface area contributed by atoms with Crippen LogP contribution in [0.2, 0.25) is 5.02 Å². The van der Waals surface area contributed by atoms with E-state index in [4.69, 9.17) is 17.3 Å². The zero-order valence-electron chi connectivity index (χ0n) is 10.1. The van der Waals surface area contributed by atoms with E-state index < -0.39 is 0 Å². The van der Waals surface area contributed by atoms with Crippen molar-refractivity contribution in [3.05, 3.63) is 58.4 Å². The molecule has 0 unspecified atom stereocenters. The van der Waals surface area contributed by atoms with E-state index in [-0.39, 0.29) is 0 Å². The van der Waals surface area contributed by atoms with Crippen molar-refractivity contribution >= 4 is 50.5 Å². The Bertz CT molecular complexity index is 701. The summed E-state index contributed by atoms with van der Waals surface area (Å²) in [6, 6.07) is 14.1. The monoisotopic (exact) mass is 305 g/mol. The van der Waals surface area contributed by atoms with E-state index in [1.165, 1.54) is 15.6 Å². The first-order valence-corrected chi connectivity index (χ1v) is 8.12. The van der Waals surface area contributed by atoms with Crippen LogP contribution in [0.3, 0.4) is 0 Å². The Labute approximate surface area is 125 Å². The number of nitrogens with two attached hydrogens (primary N) is 1. The summed E-state index contributed by atoms with van der Waals surface area (Å²) in [4.78, 5) is 0.972. The van der Waals surface area contributed by atoms with Crippen LogP contribution >= 0.6 is 34.7 Å². The van der Waals surface area contributed by atoms with Crippen molar-refractivity contribution in [3.63, 3.8) is 0 Å². The molecule has 0 aliphatic rings. The molecule has 0 spiro atoms. The van der Waals surface area contributed by atoms with Crippen molar-refractivity contribution in [1.29, 1.82) is 0 Å². The minimum Gasteiger partial charge on any atom is -0.398 e. The zero-order valence-corrected chi connectivity index (χ0v) is 12.5. The number of fused-ring (bicyclic) bond motifs is 1. The van der Waals surface area contributed by atoms with Crippen molar-refractivity contribution in [2.75, 3.05) is 5.73 Å². The molecule has 0 atom stereocenters. The van der Waals surface area contributed by atoms with Gasteiger partial charge in [0, 0.05) is 21.0 Å². The summed E-state index contributed by atoms with van der Waals surface area (Å²) in [7, 11) is 0. The lowest BCUT2D eigenvalue weighted by atomic mass is 10.2. The topological polar surface area (TPSA) is 26.0 Å². The molecule has 2 N–H and O–H groups in total. The van der Waals surface area contributed by atoms with Crippen molar-refractivity contribution < 1.29 is 0 Å². The lowest BCUT2D eigenvalue weighted by molar-refractivity contribution is 1.42. The summed E-state index contributed by atoms with van der Waals surface area (Å²) in [5.41, 5.74) is 8.06. The normalized spacial score (nSPS) is 11.0. The third kappa shape index (κ3) is 2.59. The summed E-state index contributed by atoms with van der Waals surface area (Å²) < 4.78 is 1.32. The van der Waals surface area contributed by atoms with E-state index in [9.17, 15) is 0 Å². The van der Waals surface area contributed by atoms with Crippen LogP contribution in [0.5, 0.6) is 0 Å². The number of anilines is 1. The molecule has 1 heterocycles. The molecule has 3 aromatic rings. The molecule has 2 aromatic carbocycles. The molecule has 0 aliphatic carbocycles. The molecule has 0 amide bonds. The fourth-order valence-corrected chi connectivity index (χ4v) is 4.37. The standard InChI is InChI=1S/C15H12ClNS2/c16-12-5-3-6-13(17)15(12)19-9-10-8-18-14-7-2-1-4-11(10)14/h1-8H,9,17H2. The predicted molar refractivity (Wildman–Crippen MR) is 87.3 cm³/mol. The van der Waals surface area contributed by atoms with Crippen LogP contribution < -0.4 is 5.73 Å². The van der Waals surface area contributed by atoms with E-state index in [1.807, 2.05) is 18.2 Å². The minimum atomic E-state index is 0.726. The van der Waals surface area contributed by atoms with Gasteiger partial charge in [-0.25, -0.2) is 0 Å². The van der Waals surface area contributed by atoms with Gasteiger partial charge in [0.1, 0.15) is 0 Å². The summed E-state index contributed by atoms with van der Waals surface area (Å²) >= 11 is 9.67. The first kappa shape index (κ1) is 12.9. The lowest BCUT2D eigenvalue weighted by Crippen LogP contribution is -1.89. The number of hydrogen-bond acceptors (Lipinski definition) is 3. The van der Waals surface area contributed by atoms with E-state index >= 15 is 0 Å². The quantitative estimate of drug-likeness (QED) is 0.516. The Hall–Kier alpha value is -1.16. The molecule has 0 bridgehead atoms. The Morgan fingerprint density at radius 3 is 2.79 bits per heavy atom. The van der Waals surface area contributed by atoms with Gasteiger partial charge in [-0.2, -0.15) is 0 Å². The highest BCUT2D eigenvalue weighted by molar-refractivity contribution is 7.98. The van der Waals surface area contributed by atoms with Crippen LogP contribution in [0.1, 0.15) is 5.56 Å². The van der Waals surface area contributed by atoms with Crippen molar-refractivity contribution in [2.45, 2.75) is 10.6 Å². The van der Waals surface area contributed by atoms with Crippen molar-refractivity contribution in [1.82, 2.24) is 0 Å². The summed E-state index contributed by atoms with van der Waals surface area (Å²) in [5.74, 6) is 0.887. The van der Waals surface area contributed by atoms with Gasteiger partial charge in [-0.15, -0.1) is 23.1 Å². The van der Waals surface area contributed by atoms with Gasteiger partial charge in [0.25, 0.3) is 0 Å². The van der Waals surface area contributed by atoms with Crippen LogP contribution in [0.25, 0.3) is 10.1 Å². The van der Waals surface area contributed by atoms with E-state index in [1.54, 1.807) is 23.1 Å². The number of thiophene rings is 1. The van der Waals surface area contributed by atoms with Crippen LogP contribution in [-0.2, 0) is 5.75 Å². The largest absolute Gasteiger partial charge is 0.398 e. The first-order valence-electron chi connectivity index (χ1n) is 5.87. The second-order valence-electron chi connectivity index (χ2n) is 4.20. The maximum Gasteiger partial charge on any atom is 0.0562 e. The highest BCUT2D eigenvalue weighted by Gasteiger charge is 2.08. The van der Waals surface area contributed by atoms with Crippen LogP contribution in [-0.4, -0.2) is 0 Å². The molecule has 0 saturated heterocycles. The summed E-state index contributed by atoms with van der Waals surface area (Å²) in [6.07, 6.45) is 0. The fraction of sp³-hybridized carbons (Fsp3) is 0.0667. The highest BCUT2D eigenvalue weighted by Crippen LogP contribution is 2.37. The molecular formula is C15H12ClNS2. The summed E-state index contributed by atoms with van der Waals surface area (Å²) in [5, 5.41) is 4.26. The molecule has 3 rings (SSSR count). The van der Waals surface area contributed by atoms with E-state index in [2.05, 4.69) is 29.6 Å². The smallest absolute Gasteiger partial charge is 0.0562 e. The van der Waals surface area contributed by atoms with Crippen molar-refractivity contribution in [3.8, 4) is 0 Å². The SMILES string of the molecule is Nc1cccc(Cl)c1SCc1csc2ccccc12. The number of nitrogen functional groups attached to an aromatic ring is 1. The number of thioether (sulfide) groups is 1.